The molecule has 0 aromatic heterocycles. The second kappa shape index (κ2) is 6.48. The Hall–Kier alpha value is 0. The second-order valence-electron chi connectivity index (χ2n) is 5.98. The molecule has 0 aromatic rings. The van der Waals surface area contributed by atoms with Gasteiger partial charge in [-0.3, -0.25) is 0 Å². The van der Waals surface area contributed by atoms with E-state index < -0.39 is 0 Å². The molecule has 14 heavy (non-hydrogen) atoms. The Balaban J connectivity index is 3.68. The molecule has 0 saturated carbocycles. The number of hydrogen-bond acceptors (Lipinski definition) is 0. The zero-order valence-electron chi connectivity index (χ0n) is 11.2. The zero-order chi connectivity index (χ0) is 11.2. The molecular weight excluding hydrogens is 168 g/mol. The van der Waals surface area contributed by atoms with Gasteiger partial charge >= 0.3 is 0 Å². The molecule has 0 saturated heterocycles. The van der Waals surface area contributed by atoms with E-state index in [-0.39, 0.29) is 0 Å². The van der Waals surface area contributed by atoms with Gasteiger partial charge in [0.15, 0.2) is 0 Å². The van der Waals surface area contributed by atoms with E-state index in [1.54, 1.807) is 0 Å². The van der Waals surface area contributed by atoms with Crippen molar-refractivity contribution in [1.82, 2.24) is 0 Å². The number of rotatable bonds is 6. The number of hydrogen-bond donors (Lipinski definition) is 0. The van der Waals surface area contributed by atoms with Gasteiger partial charge in [0, 0.05) is 0 Å². The molecule has 0 heterocycles. The first-order chi connectivity index (χ1) is 6.39. The molecule has 2 atom stereocenters. The maximum absolute atomic E-state index is 2.42. The Labute approximate surface area is 91.5 Å². The predicted octanol–water partition coefficient (Wildman–Crippen LogP) is 5.28. The summed E-state index contributed by atoms with van der Waals surface area (Å²) in [6.45, 7) is 14.2. The average molecular weight is 198 g/mol. The molecular formula is C14H30. The minimum absolute atomic E-state index is 0.476. The Morgan fingerprint density at radius 3 is 1.93 bits per heavy atom. The molecule has 0 nitrogen and oxygen atoms in total. The van der Waals surface area contributed by atoms with Crippen molar-refractivity contribution >= 4 is 0 Å². The van der Waals surface area contributed by atoms with E-state index in [0.717, 1.165) is 11.8 Å². The zero-order valence-corrected chi connectivity index (χ0v) is 11.2. The summed E-state index contributed by atoms with van der Waals surface area (Å²) >= 11 is 0. The van der Waals surface area contributed by atoms with Crippen molar-refractivity contribution in [2.75, 3.05) is 0 Å². The minimum Gasteiger partial charge on any atom is -0.0654 e. The van der Waals surface area contributed by atoms with Gasteiger partial charge in [0.2, 0.25) is 0 Å². The molecule has 0 aliphatic heterocycles. The van der Waals surface area contributed by atoms with Gasteiger partial charge in [0.05, 0.1) is 0 Å². The predicted molar refractivity (Wildman–Crippen MR) is 66.5 cm³/mol. The van der Waals surface area contributed by atoms with E-state index in [1.165, 1.54) is 32.1 Å². The molecule has 0 rings (SSSR count). The van der Waals surface area contributed by atoms with Crippen LogP contribution in [0.1, 0.15) is 73.6 Å². The molecule has 0 fully saturated rings. The quantitative estimate of drug-likeness (QED) is 0.510. The fourth-order valence-electron chi connectivity index (χ4n) is 2.00. The highest BCUT2D eigenvalue weighted by Crippen LogP contribution is 2.33. The first-order valence-electron chi connectivity index (χ1n) is 6.39. The van der Waals surface area contributed by atoms with E-state index in [9.17, 15) is 0 Å². The van der Waals surface area contributed by atoms with Gasteiger partial charge in [0.1, 0.15) is 0 Å². The van der Waals surface area contributed by atoms with Gasteiger partial charge in [-0.1, -0.05) is 73.6 Å². The van der Waals surface area contributed by atoms with E-state index >= 15 is 0 Å². The van der Waals surface area contributed by atoms with Crippen LogP contribution >= 0.6 is 0 Å². The summed E-state index contributed by atoms with van der Waals surface area (Å²) in [5.41, 5.74) is 0.476. The third kappa shape index (κ3) is 5.67. The molecule has 0 N–H and O–H groups in total. The van der Waals surface area contributed by atoms with Gasteiger partial charge < -0.3 is 0 Å². The lowest BCUT2D eigenvalue weighted by molar-refractivity contribution is 0.177. The second-order valence-corrected chi connectivity index (χ2v) is 5.98. The average Bonchev–Trinajstić information content (AvgIpc) is 2.09. The molecule has 0 amide bonds. The van der Waals surface area contributed by atoms with Crippen LogP contribution in [-0.2, 0) is 0 Å². The van der Waals surface area contributed by atoms with Crippen LogP contribution in [0.2, 0.25) is 0 Å². The lowest BCUT2D eigenvalue weighted by Crippen LogP contribution is -2.23. The van der Waals surface area contributed by atoms with Crippen molar-refractivity contribution in [3.63, 3.8) is 0 Å². The Morgan fingerprint density at radius 2 is 1.50 bits per heavy atom. The van der Waals surface area contributed by atoms with Crippen LogP contribution in [0, 0.1) is 17.3 Å². The van der Waals surface area contributed by atoms with Crippen molar-refractivity contribution in [2.24, 2.45) is 17.3 Å². The SMILES string of the molecule is CCCCCCC(C)C(C)C(C)(C)C. The highest BCUT2D eigenvalue weighted by molar-refractivity contribution is 4.74. The van der Waals surface area contributed by atoms with Crippen molar-refractivity contribution in [3.8, 4) is 0 Å². The molecule has 0 radical (unpaired) electrons. The summed E-state index contributed by atoms with van der Waals surface area (Å²) in [5.74, 6) is 1.72. The Morgan fingerprint density at radius 1 is 0.929 bits per heavy atom. The maximum atomic E-state index is 2.42. The Bertz CT molecular complexity index is 129. The topological polar surface area (TPSA) is 0 Å². The molecule has 2 unspecified atom stereocenters. The van der Waals surface area contributed by atoms with Gasteiger partial charge in [-0.15, -0.1) is 0 Å². The van der Waals surface area contributed by atoms with Gasteiger partial charge in [0.25, 0.3) is 0 Å². The summed E-state index contributed by atoms with van der Waals surface area (Å²) < 4.78 is 0. The van der Waals surface area contributed by atoms with Crippen LogP contribution in [-0.4, -0.2) is 0 Å². The summed E-state index contributed by atoms with van der Waals surface area (Å²) in [6.07, 6.45) is 7.03. The standard InChI is InChI=1S/C14H30/c1-7-8-9-10-11-12(2)13(3)14(4,5)6/h12-13H,7-11H2,1-6H3. The third-order valence-corrected chi connectivity index (χ3v) is 3.73. The molecule has 0 bridgehead atoms. The fourth-order valence-corrected chi connectivity index (χ4v) is 2.00. The largest absolute Gasteiger partial charge is 0.0654 e. The molecule has 0 aliphatic rings. The number of unbranched alkanes of at least 4 members (excludes halogenated alkanes) is 3. The molecule has 0 heteroatoms. The van der Waals surface area contributed by atoms with E-state index in [0.29, 0.717) is 5.41 Å². The van der Waals surface area contributed by atoms with Crippen LogP contribution in [0.5, 0.6) is 0 Å². The first kappa shape index (κ1) is 14.0. The monoisotopic (exact) mass is 198 g/mol. The van der Waals surface area contributed by atoms with Gasteiger partial charge in [-0.2, -0.15) is 0 Å². The molecule has 86 valence electrons. The molecule has 0 aliphatic carbocycles. The first-order valence-corrected chi connectivity index (χ1v) is 6.39. The maximum Gasteiger partial charge on any atom is -0.0354 e. The highest BCUT2D eigenvalue weighted by atomic mass is 14.3. The van der Waals surface area contributed by atoms with Crippen molar-refractivity contribution in [2.45, 2.75) is 73.6 Å². The molecule has 0 spiro atoms. The highest BCUT2D eigenvalue weighted by Gasteiger charge is 2.24. The van der Waals surface area contributed by atoms with Crippen molar-refractivity contribution in [1.29, 1.82) is 0 Å². The van der Waals surface area contributed by atoms with Crippen LogP contribution in [0.15, 0.2) is 0 Å². The normalized spacial score (nSPS) is 16.7. The third-order valence-electron chi connectivity index (χ3n) is 3.73. The smallest absolute Gasteiger partial charge is 0.0354 e. The summed E-state index contributed by atoms with van der Waals surface area (Å²) in [6, 6.07) is 0. The van der Waals surface area contributed by atoms with Gasteiger partial charge in [-0.25, -0.2) is 0 Å². The van der Waals surface area contributed by atoms with E-state index in [1.807, 2.05) is 0 Å². The summed E-state index contributed by atoms with van der Waals surface area (Å²) in [5, 5.41) is 0. The lowest BCUT2D eigenvalue weighted by Gasteiger charge is -2.32. The van der Waals surface area contributed by atoms with Crippen LogP contribution < -0.4 is 0 Å². The van der Waals surface area contributed by atoms with Crippen LogP contribution in [0.3, 0.4) is 0 Å². The Kier molecular flexibility index (Phi) is 6.48. The minimum atomic E-state index is 0.476. The van der Waals surface area contributed by atoms with Crippen LogP contribution in [0.25, 0.3) is 0 Å². The summed E-state index contributed by atoms with van der Waals surface area (Å²) in [4.78, 5) is 0. The molecule has 0 aromatic carbocycles. The lowest BCUT2D eigenvalue weighted by atomic mass is 9.73. The van der Waals surface area contributed by atoms with E-state index in [4.69, 9.17) is 0 Å². The van der Waals surface area contributed by atoms with Crippen molar-refractivity contribution < 1.29 is 0 Å². The van der Waals surface area contributed by atoms with E-state index in [2.05, 4.69) is 41.5 Å². The summed E-state index contributed by atoms with van der Waals surface area (Å²) in [7, 11) is 0. The van der Waals surface area contributed by atoms with Crippen molar-refractivity contribution in [3.05, 3.63) is 0 Å². The van der Waals surface area contributed by atoms with Gasteiger partial charge in [-0.05, 0) is 17.3 Å². The van der Waals surface area contributed by atoms with Crippen LogP contribution in [0.4, 0.5) is 0 Å². The fraction of sp³-hybridized carbons (Fsp3) is 1.00.